The lowest BCUT2D eigenvalue weighted by atomic mass is 10.0. The van der Waals surface area contributed by atoms with Crippen LogP contribution in [0.5, 0.6) is 0 Å². The maximum absolute atomic E-state index is 13.3. The second kappa shape index (κ2) is 24.3. The lowest BCUT2D eigenvalue weighted by molar-refractivity contribution is -0.145. The fourth-order valence-electron chi connectivity index (χ4n) is 4.37. The molecule has 0 bridgehead atoms. The third-order valence-corrected chi connectivity index (χ3v) is 7.61. The highest BCUT2D eigenvalue weighted by Gasteiger charge is 2.32. The van der Waals surface area contributed by atoms with Crippen molar-refractivity contribution in [2.24, 2.45) is 0 Å². The first kappa shape index (κ1) is 46.0. The van der Waals surface area contributed by atoms with E-state index in [1.807, 2.05) is 0 Å². The number of esters is 1. The molecule has 21 nitrogen and oxygen atoms in total. The molecule has 52 heavy (non-hydrogen) atoms. The predicted molar refractivity (Wildman–Crippen MR) is 174 cm³/mol. The zero-order valence-corrected chi connectivity index (χ0v) is 28.4. The zero-order valence-electron chi connectivity index (χ0n) is 28.4. The molecule has 0 heterocycles. The van der Waals surface area contributed by atoms with Crippen molar-refractivity contribution in [2.75, 3.05) is 33.4 Å². The summed E-state index contributed by atoms with van der Waals surface area (Å²) in [5.41, 5.74) is 0.611. The monoisotopic (exact) mass is 750 g/mol. The van der Waals surface area contributed by atoms with E-state index in [2.05, 4.69) is 21.3 Å². The van der Waals surface area contributed by atoms with Gasteiger partial charge < -0.3 is 81.8 Å². The summed E-state index contributed by atoms with van der Waals surface area (Å²) in [6.45, 7) is -3.23. The van der Waals surface area contributed by atoms with Crippen LogP contribution in [0.2, 0.25) is 0 Å². The van der Waals surface area contributed by atoms with Gasteiger partial charge in [0.25, 0.3) is 0 Å². The number of hydrogen-bond acceptors (Lipinski definition) is 17. The van der Waals surface area contributed by atoms with Crippen molar-refractivity contribution < 1.29 is 84.5 Å². The van der Waals surface area contributed by atoms with Gasteiger partial charge in [0, 0.05) is 25.9 Å². The minimum Gasteiger partial charge on any atom is -0.467 e. The molecule has 4 amide bonds. The number of benzene rings is 1. The van der Waals surface area contributed by atoms with Crippen LogP contribution in [0, 0.1) is 0 Å². The minimum atomic E-state index is -1.95. The number of carbonyl (C=O) groups is 5. The molecule has 0 saturated heterocycles. The summed E-state index contributed by atoms with van der Waals surface area (Å²) in [4.78, 5) is 63.3. The zero-order chi connectivity index (χ0) is 39.4. The molecule has 0 radical (unpaired) electrons. The van der Waals surface area contributed by atoms with Crippen LogP contribution in [0.15, 0.2) is 30.3 Å². The van der Waals surface area contributed by atoms with Crippen LogP contribution >= 0.6 is 0 Å². The molecule has 0 aromatic heterocycles. The van der Waals surface area contributed by atoms with Gasteiger partial charge in [0.05, 0.1) is 32.5 Å². The van der Waals surface area contributed by atoms with Gasteiger partial charge in [0.15, 0.2) is 0 Å². The van der Waals surface area contributed by atoms with Crippen molar-refractivity contribution in [3.63, 3.8) is 0 Å². The van der Waals surface area contributed by atoms with Crippen molar-refractivity contribution in [2.45, 2.75) is 93.2 Å². The molecule has 0 aliphatic rings. The van der Waals surface area contributed by atoms with Crippen LogP contribution in [0.4, 0.5) is 4.79 Å². The molecule has 296 valence electrons. The summed E-state index contributed by atoms with van der Waals surface area (Å²) < 4.78 is 9.84. The van der Waals surface area contributed by atoms with Crippen LogP contribution in [0.1, 0.15) is 31.2 Å². The Balaban J connectivity index is 2.91. The highest BCUT2D eigenvalue weighted by Crippen LogP contribution is 2.09. The fraction of sp³-hybridized carbons (Fsp3) is 0.645. The van der Waals surface area contributed by atoms with E-state index < -0.39 is 136 Å². The number of nitrogens with one attached hydrogen (secondary N) is 4. The quantitative estimate of drug-likeness (QED) is 0.0437. The van der Waals surface area contributed by atoms with Gasteiger partial charge in [-0.2, -0.15) is 0 Å². The van der Waals surface area contributed by atoms with Crippen molar-refractivity contribution in [3.8, 4) is 0 Å². The first-order valence-corrected chi connectivity index (χ1v) is 16.1. The Hall–Kier alpha value is -4.03. The van der Waals surface area contributed by atoms with Crippen LogP contribution in [-0.2, 0) is 35.3 Å². The average molecular weight is 751 g/mol. The van der Waals surface area contributed by atoms with Crippen LogP contribution in [0.3, 0.4) is 0 Å². The van der Waals surface area contributed by atoms with Crippen LogP contribution < -0.4 is 21.3 Å². The second-order valence-corrected chi connectivity index (χ2v) is 11.6. The molecule has 0 aliphatic heterocycles. The number of aliphatic hydroxyl groups excluding tert-OH is 10. The largest absolute Gasteiger partial charge is 0.467 e. The molecule has 0 fully saturated rings. The number of amides is 4. The molecule has 21 heteroatoms. The van der Waals surface area contributed by atoms with Gasteiger partial charge in [-0.05, 0) is 18.4 Å². The van der Waals surface area contributed by atoms with Gasteiger partial charge >= 0.3 is 12.1 Å². The van der Waals surface area contributed by atoms with E-state index in [-0.39, 0.29) is 13.0 Å². The van der Waals surface area contributed by atoms with E-state index in [9.17, 15) is 64.8 Å². The van der Waals surface area contributed by atoms with Crippen LogP contribution in [0.25, 0.3) is 0 Å². The molecular weight excluding hydrogens is 700 g/mol. The van der Waals surface area contributed by atoms with Gasteiger partial charge in [0.2, 0.25) is 17.7 Å². The topological polar surface area (TPSA) is 354 Å². The summed E-state index contributed by atoms with van der Waals surface area (Å²) in [7, 11) is 1.00. The SMILES string of the molecule is COC(=O)[C@H](CCC(=O)NC[C@@H](O)[C@H](O)[C@@H](O)[C@@H](O)CO)NC(=O)[C@H](CCC(=O)NC[C@@H](O)[C@H](O)[C@@H](O)[C@@H](O)CO)NC(=O)OCc1ccccc1. The Labute approximate surface area is 298 Å². The Morgan fingerprint density at radius 2 is 1.08 bits per heavy atom. The lowest BCUT2D eigenvalue weighted by Crippen LogP contribution is -2.52. The van der Waals surface area contributed by atoms with E-state index in [0.717, 1.165) is 7.11 Å². The molecule has 0 unspecified atom stereocenters. The molecule has 0 spiro atoms. The molecule has 0 aliphatic carbocycles. The molecule has 14 N–H and O–H groups in total. The Bertz CT molecular complexity index is 1250. The number of aliphatic hydroxyl groups is 10. The number of hydrogen-bond donors (Lipinski definition) is 14. The number of rotatable bonds is 24. The summed E-state index contributed by atoms with van der Waals surface area (Å²) >= 11 is 0. The highest BCUT2D eigenvalue weighted by molar-refractivity contribution is 5.90. The van der Waals surface area contributed by atoms with E-state index in [0.29, 0.717) is 5.56 Å². The number of ether oxygens (including phenoxy) is 2. The number of methoxy groups -OCH3 is 1. The first-order valence-electron chi connectivity index (χ1n) is 16.1. The van der Waals surface area contributed by atoms with Gasteiger partial charge in [-0.1, -0.05) is 30.3 Å². The molecule has 1 aromatic rings. The first-order chi connectivity index (χ1) is 24.6. The predicted octanol–water partition coefficient (Wildman–Crippen LogP) is -6.40. The van der Waals surface area contributed by atoms with Crippen molar-refractivity contribution >= 4 is 29.8 Å². The maximum Gasteiger partial charge on any atom is 0.408 e. The van der Waals surface area contributed by atoms with Crippen LogP contribution in [-0.4, -0.2) is 175 Å². The summed E-state index contributed by atoms with van der Waals surface area (Å²) in [5.74, 6) is -3.59. The van der Waals surface area contributed by atoms with Crippen molar-refractivity contribution in [1.29, 1.82) is 0 Å². The van der Waals surface area contributed by atoms with Gasteiger partial charge in [0.1, 0.15) is 55.3 Å². The summed E-state index contributed by atoms with van der Waals surface area (Å²) in [5, 5.41) is 105. The van der Waals surface area contributed by atoms with Gasteiger partial charge in [-0.15, -0.1) is 0 Å². The third kappa shape index (κ3) is 16.5. The average Bonchev–Trinajstić information content (AvgIpc) is 3.15. The summed E-state index contributed by atoms with van der Waals surface area (Å²) in [6.07, 6.45) is -17.6. The third-order valence-electron chi connectivity index (χ3n) is 7.61. The number of carbonyl (C=O) groups excluding carboxylic acids is 5. The molecule has 1 rings (SSSR count). The Morgan fingerprint density at radius 3 is 1.52 bits per heavy atom. The van der Waals surface area contributed by atoms with Crippen molar-refractivity contribution in [3.05, 3.63) is 35.9 Å². The lowest BCUT2D eigenvalue weighted by Gasteiger charge is -2.26. The molecular formula is C31H50N4O17. The highest BCUT2D eigenvalue weighted by atomic mass is 16.5. The standard InChI is InChI=1S/C31H50N4O17/c1-51-30(49)18(8-10-24(43)33-12-20(39)26(45)28(47)22(41)14-37)34-29(48)17(35-31(50)52-15-16-5-3-2-4-6-16)7-9-23(42)32-11-19(38)25(44)27(46)21(40)13-36/h2-6,17-22,25-28,36-41,44-47H,7-15H2,1H3,(H,32,42)(H,33,43)(H,34,48)(H,35,50)/t17-,18-,19+,20+,21-,22-,25-,26-,27-,28-/m0/s1. The molecule has 0 saturated carbocycles. The van der Waals surface area contributed by atoms with Gasteiger partial charge in [-0.3, -0.25) is 14.4 Å². The normalized spacial score (nSPS) is 17.1. The van der Waals surface area contributed by atoms with Crippen molar-refractivity contribution in [1.82, 2.24) is 21.3 Å². The number of alkyl carbamates (subject to hydrolysis) is 1. The fourth-order valence-corrected chi connectivity index (χ4v) is 4.37. The Morgan fingerprint density at radius 1 is 0.635 bits per heavy atom. The van der Waals surface area contributed by atoms with E-state index in [4.69, 9.17) is 19.7 Å². The molecule has 10 atom stereocenters. The molecule has 1 aromatic carbocycles. The summed E-state index contributed by atoms with van der Waals surface area (Å²) in [6, 6.07) is 5.47. The van der Waals surface area contributed by atoms with E-state index in [1.54, 1.807) is 30.3 Å². The van der Waals surface area contributed by atoms with E-state index in [1.165, 1.54) is 0 Å². The van der Waals surface area contributed by atoms with Gasteiger partial charge in [-0.25, -0.2) is 9.59 Å². The Kier molecular flexibility index (Phi) is 21.5. The minimum absolute atomic E-state index is 0.189. The second-order valence-electron chi connectivity index (χ2n) is 11.6. The van der Waals surface area contributed by atoms with E-state index >= 15 is 0 Å². The smallest absolute Gasteiger partial charge is 0.408 e. The maximum atomic E-state index is 13.3.